The molecule has 0 aliphatic heterocycles. The Labute approximate surface area is 171 Å². The van der Waals surface area contributed by atoms with Crippen LogP contribution in [0.5, 0.6) is 5.75 Å². The molecule has 2 aromatic rings. The molecule has 1 aromatic heterocycles. The number of aliphatic hydroxyl groups excluding tert-OH is 1. The number of rotatable bonds is 9. The van der Waals surface area contributed by atoms with Crippen molar-refractivity contribution < 1.29 is 19.6 Å². The Balaban J connectivity index is 1.77. The number of ether oxygens (including phenoxy) is 1. The van der Waals surface area contributed by atoms with Gasteiger partial charge in [-0.15, -0.1) is 0 Å². The lowest BCUT2D eigenvalue weighted by atomic mass is 10.3. The number of hydrogen-bond donors (Lipinski definition) is 2. The summed E-state index contributed by atoms with van der Waals surface area (Å²) in [6.45, 7) is 3.22. The van der Waals surface area contributed by atoms with E-state index in [0.29, 0.717) is 22.2 Å². The fourth-order valence-electron chi connectivity index (χ4n) is 2.54. The second-order valence-corrected chi connectivity index (χ2v) is 6.86. The standard InChI is InChI=1S/C17H20Cl2N4O5/c1-10-17(23(26)27)11(2)22(21-10)7-6-15(25)20-8-12(24)9-28-14-5-3-4-13(18)16(14)19/h3-5,12,24H,6-9H2,1-2H3,(H,20,25). The van der Waals surface area contributed by atoms with E-state index in [1.807, 2.05) is 0 Å². The second kappa shape index (κ2) is 9.72. The van der Waals surface area contributed by atoms with Gasteiger partial charge in [-0.05, 0) is 26.0 Å². The molecule has 0 spiro atoms. The topological polar surface area (TPSA) is 120 Å². The van der Waals surface area contributed by atoms with Crippen LogP contribution in [0, 0.1) is 24.0 Å². The summed E-state index contributed by atoms with van der Waals surface area (Å²) >= 11 is 11.9. The summed E-state index contributed by atoms with van der Waals surface area (Å²) in [5.74, 6) is 0.0145. The maximum absolute atomic E-state index is 12.0. The molecule has 2 N–H and O–H groups in total. The van der Waals surface area contributed by atoms with E-state index in [-0.39, 0.29) is 42.7 Å². The van der Waals surface area contributed by atoms with Crippen molar-refractivity contribution in [3.05, 3.63) is 49.7 Å². The lowest BCUT2D eigenvalue weighted by molar-refractivity contribution is -0.386. The average Bonchev–Trinajstić information content (AvgIpc) is 2.93. The summed E-state index contributed by atoms with van der Waals surface area (Å²) in [5.41, 5.74) is 0.643. The molecule has 9 nitrogen and oxygen atoms in total. The van der Waals surface area contributed by atoms with Gasteiger partial charge >= 0.3 is 5.69 Å². The van der Waals surface area contributed by atoms with Gasteiger partial charge in [0.25, 0.3) is 0 Å². The number of aryl methyl sites for hydroxylation is 2. The number of amides is 1. The normalized spacial score (nSPS) is 11.9. The number of carbonyl (C=O) groups excluding carboxylic acids is 1. The molecule has 0 bridgehead atoms. The van der Waals surface area contributed by atoms with Crippen LogP contribution in [0.3, 0.4) is 0 Å². The highest BCUT2D eigenvalue weighted by atomic mass is 35.5. The smallest absolute Gasteiger partial charge is 0.312 e. The first-order valence-corrected chi connectivity index (χ1v) is 9.16. The molecule has 152 valence electrons. The van der Waals surface area contributed by atoms with Crippen molar-refractivity contribution in [3.8, 4) is 5.75 Å². The predicted molar refractivity (Wildman–Crippen MR) is 104 cm³/mol. The van der Waals surface area contributed by atoms with Crippen LogP contribution < -0.4 is 10.1 Å². The molecule has 1 aromatic carbocycles. The van der Waals surface area contributed by atoms with Crippen LogP contribution in [0.1, 0.15) is 17.8 Å². The van der Waals surface area contributed by atoms with E-state index < -0.39 is 11.0 Å². The summed E-state index contributed by atoms with van der Waals surface area (Å²) in [6, 6.07) is 4.90. The van der Waals surface area contributed by atoms with Crippen molar-refractivity contribution in [2.45, 2.75) is 32.9 Å². The number of hydrogen-bond acceptors (Lipinski definition) is 6. The van der Waals surface area contributed by atoms with Crippen molar-refractivity contribution in [2.24, 2.45) is 0 Å². The second-order valence-electron chi connectivity index (χ2n) is 6.07. The molecular formula is C17H20Cl2N4O5. The molecule has 0 aliphatic carbocycles. The predicted octanol–water partition coefficient (Wildman–Crippen LogP) is 2.66. The molecule has 1 amide bonds. The first-order valence-electron chi connectivity index (χ1n) is 8.40. The van der Waals surface area contributed by atoms with Crippen LogP contribution in [0.15, 0.2) is 18.2 Å². The van der Waals surface area contributed by atoms with Crippen molar-refractivity contribution in [2.75, 3.05) is 13.2 Å². The van der Waals surface area contributed by atoms with E-state index in [9.17, 15) is 20.0 Å². The zero-order chi connectivity index (χ0) is 20.8. The van der Waals surface area contributed by atoms with Gasteiger partial charge in [-0.1, -0.05) is 29.3 Å². The zero-order valence-electron chi connectivity index (χ0n) is 15.3. The number of benzene rings is 1. The molecule has 28 heavy (non-hydrogen) atoms. The summed E-state index contributed by atoms with van der Waals surface area (Å²) in [6.07, 6.45) is -0.888. The zero-order valence-corrected chi connectivity index (χ0v) is 16.8. The van der Waals surface area contributed by atoms with Crippen LogP contribution in [0.25, 0.3) is 0 Å². The van der Waals surface area contributed by atoms with Crippen LogP contribution in [0.2, 0.25) is 10.0 Å². The van der Waals surface area contributed by atoms with Gasteiger partial charge in [0.1, 0.15) is 34.9 Å². The molecule has 0 saturated carbocycles. The minimum atomic E-state index is -0.950. The summed E-state index contributed by atoms with van der Waals surface area (Å²) < 4.78 is 6.82. The van der Waals surface area contributed by atoms with Gasteiger partial charge in [0.05, 0.1) is 16.5 Å². The summed E-state index contributed by atoms with van der Waals surface area (Å²) in [4.78, 5) is 22.5. The van der Waals surface area contributed by atoms with E-state index in [0.717, 1.165) is 0 Å². The van der Waals surface area contributed by atoms with Gasteiger partial charge in [-0.25, -0.2) is 0 Å². The number of nitro groups is 1. The van der Waals surface area contributed by atoms with Crippen molar-refractivity contribution in [3.63, 3.8) is 0 Å². The first-order chi connectivity index (χ1) is 13.2. The first kappa shape index (κ1) is 21.9. The van der Waals surface area contributed by atoms with E-state index in [1.54, 1.807) is 32.0 Å². The SMILES string of the molecule is Cc1nn(CCC(=O)NCC(O)COc2cccc(Cl)c2Cl)c(C)c1[N+](=O)[O-]. The van der Waals surface area contributed by atoms with Gasteiger partial charge in [0.2, 0.25) is 5.91 Å². The maximum Gasteiger partial charge on any atom is 0.312 e. The van der Waals surface area contributed by atoms with Crippen LogP contribution in [0.4, 0.5) is 5.69 Å². The lowest BCUT2D eigenvalue weighted by Gasteiger charge is -2.14. The molecule has 1 atom stereocenters. The molecule has 2 rings (SSSR count). The third-order valence-corrected chi connectivity index (χ3v) is 4.76. The number of carbonyl (C=O) groups is 1. The van der Waals surface area contributed by atoms with E-state index >= 15 is 0 Å². The number of aromatic nitrogens is 2. The third-order valence-electron chi connectivity index (χ3n) is 3.96. The highest BCUT2D eigenvalue weighted by molar-refractivity contribution is 6.42. The maximum atomic E-state index is 12.0. The van der Waals surface area contributed by atoms with Crippen molar-refractivity contribution in [1.82, 2.24) is 15.1 Å². The molecular weight excluding hydrogens is 411 g/mol. The van der Waals surface area contributed by atoms with E-state index in [1.165, 1.54) is 4.68 Å². The fraction of sp³-hybridized carbons (Fsp3) is 0.412. The Bertz CT molecular complexity index is 871. The molecule has 1 heterocycles. The molecule has 1 unspecified atom stereocenters. The number of nitrogens with one attached hydrogen (secondary N) is 1. The van der Waals surface area contributed by atoms with Gasteiger partial charge in [0, 0.05) is 13.0 Å². The molecule has 0 saturated heterocycles. The molecule has 0 aliphatic rings. The summed E-state index contributed by atoms with van der Waals surface area (Å²) in [7, 11) is 0. The number of nitrogens with zero attached hydrogens (tertiary/aromatic N) is 3. The average molecular weight is 431 g/mol. The minimum absolute atomic E-state index is 0.0196. The van der Waals surface area contributed by atoms with Crippen molar-refractivity contribution >= 4 is 34.8 Å². The highest BCUT2D eigenvalue weighted by Crippen LogP contribution is 2.31. The fourth-order valence-corrected chi connectivity index (χ4v) is 2.88. The number of halogens is 2. The Hall–Kier alpha value is -2.36. The van der Waals surface area contributed by atoms with Crippen LogP contribution in [-0.4, -0.2) is 45.0 Å². The van der Waals surface area contributed by atoms with E-state index in [4.69, 9.17) is 27.9 Å². The minimum Gasteiger partial charge on any atom is -0.489 e. The monoisotopic (exact) mass is 430 g/mol. The van der Waals surface area contributed by atoms with Crippen LogP contribution in [-0.2, 0) is 11.3 Å². The van der Waals surface area contributed by atoms with Gasteiger partial charge in [-0.3, -0.25) is 19.6 Å². The Kier molecular flexibility index (Phi) is 7.61. The Morgan fingerprint density at radius 3 is 2.79 bits per heavy atom. The Morgan fingerprint density at radius 2 is 2.14 bits per heavy atom. The third kappa shape index (κ3) is 5.57. The van der Waals surface area contributed by atoms with Gasteiger partial charge in [-0.2, -0.15) is 5.10 Å². The van der Waals surface area contributed by atoms with Gasteiger partial charge < -0.3 is 15.2 Å². The lowest BCUT2D eigenvalue weighted by Crippen LogP contribution is -2.35. The highest BCUT2D eigenvalue weighted by Gasteiger charge is 2.21. The molecule has 11 heteroatoms. The summed E-state index contributed by atoms with van der Waals surface area (Å²) in [5, 5.41) is 28.2. The Morgan fingerprint density at radius 1 is 1.43 bits per heavy atom. The largest absolute Gasteiger partial charge is 0.489 e. The quantitative estimate of drug-likeness (QED) is 0.465. The molecule has 0 radical (unpaired) electrons. The van der Waals surface area contributed by atoms with Gasteiger partial charge in [0.15, 0.2) is 0 Å². The van der Waals surface area contributed by atoms with Crippen LogP contribution >= 0.6 is 23.2 Å². The number of aliphatic hydroxyl groups is 1. The van der Waals surface area contributed by atoms with E-state index in [2.05, 4.69) is 10.4 Å². The molecule has 0 fully saturated rings. The van der Waals surface area contributed by atoms with Crippen molar-refractivity contribution in [1.29, 1.82) is 0 Å².